The number of aryl methyl sites for hydroxylation is 1. The van der Waals surface area contributed by atoms with Gasteiger partial charge in [0.15, 0.2) is 5.82 Å². The average molecular weight is 320 g/mol. The molecule has 3 aromatic rings. The lowest BCUT2D eigenvalue weighted by Gasteiger charge is -2.22. The van der Waals surface area contributed by atoms with Gasteiger partial charge in [-0.05, 0) is 43.9 Å². The quantitative estimate of drug-likeness (QED) is 0.786. The Morgan fingerprint density at radius 1 is 1.12 bits per heavy atom. The molecule has 3 aromatic heterocycles. The molecule has 0 amide bonds. The van der Waals surface area contributed by atoms with Crippen molar-refractivity contribution in [2.45, 2.75) is 38.5 Å². The maximum absolute atomic E-state index is 4.69. The van der Waals surface area contributed by atoms with Gasteiger partial charge in [-0.15, -0.1) is 0 Å². The van der Waals surface area contributed by atoms with E-state index in [9.17, 15) is 0 Å². The van der Waals surface area contributed by atoms with Crippen molar-refractivity contribution in [1.29, 1.82) is 0 Å². The highest BCUT2D eigenvalue weighted by molar-refractivity contribution is 5.85. The molecule has 1 aliphatic heterocycles. The molecule has 4 heterocycles. The summed E-state index contributed by atoms with van der Waals surface area (Å²) in [5.74, 6) is 1.65. The second-order valence-electron chi connectivity index (χ2n) is 6.84. The summed E-state index contributed by atoms with van der Waals surface area (Å²) in [5, 5.41) is 7.86. The minimum atomic E-state index is 0.695. The highest BCUT2D eigenvalue weighted by atomic mass is 15.2. The molecule has 1 saturated carbocycles. The number of hydrogen-bond donors (Lipinski definition) is 1. The Bertz CT molecular complexity index is 911. The SMILES string of the molecule is Cc1ccc2ncnc(N3CCc4[nH]nc(C5CC5)c4CC3)c2n1. The molecule has 1 aliphatic carbocycles. The van der Waals surface area contributed by atoms with Crippen LogP contribution in [0.2, 0.25) is 0 Å². The summed E-state index contributed by atoms with van der Waals surface area (Å²) >= 11 is 0. The molecule has 5 rings (SSSR count). The summed E-state index contributed by atoms with van der Waals surface area (Å²) in [6.45, 7) is 3.89. The van der Waals surface area contributed by atoms with Crippen LogP contribution in [0.15, 0.2) is 18.5 Å². The van der Waals surface area contributed by atoms with E-state index in [1.54, 1.807) is 6.33 Å². The van der Waals surface area contributed by atoms with Gasteiger partial charge in [-0.1, -0.05) is 0 Å². The second kappa shape index (κ2) is 5.26. The van der Waals surface area contributed by atoms with Gasteiger partial charge in [0.2, 0.25) is 0 Å². The largest absolute Gasteiger partial charge is 0.354 e. The van der Waals surface area contributed by atoms with E-state index in [2.05, 4.69) is 30.0 Å². The highest BCUT2D eigenvalue weighted by Crippen LogP contribution is 2.41. The van der Waals surface area contributed by atoms with Crippen LogP contribution in [0.3, 0.4) is 0 Å². The number of H-pyrrole nitrogens is 1. The van der Waals surface area contributed by atoms with E-state index in [1.807, 2.05) is 19.1 Å². The van der Waals surface area contributed by atoms with E-state index in [0.717, 1.165) is 48.5 Å². The first-order valence-electron chi connectivity index (χ1n) is 8.69. The van der Waals surface area contributed by atoms with Crippen LogP contribution >= 0.6 is 0 Å². The van der Waals surface area contributed by atoms with Crippen LogP contribution in [0.4, 0.5) is 5.82 Å². The predicted octanol–water partition coefficient (Wildman–Crippen LogP) is 2.54. The monoisotopic (exact) mass is 320 g/mol. The summed E-state index contributed by atoms with van der Waals surface area (Å²) in [7, 11) is 0. The zero-order valence-corrected chi connectivity index (χ0v) is 13.8. The van der Waals surface area contributed by atoms with Crippen molar-refractivity contribution in [1.82, 2.24) is 25.1 Å². The fourth-order valence-corrected chi connectivity index (χ4v) is 3.67. The Morgan fingerprint density at radius 2 is 2.00 bits per heavy atom. The van der Waals surface area contributed by atoms with Gasteiger partial charge >= 0.3 is 0 Å². The number of rotatable bonds is 2. The first-order chi connectivity index (χ1) is 11.8. The van der Waals surface area contributed by atoms with Crippen molar-refractivity contribution in [2.24, 2.45) is 0 Å². The molecule has 0 bridgehead atoms. The molecule has 0 atom stereocenters. The summed E-state index contributed by atoms with van der Waals surface area (Å²) in [6, 6.07) is 4.03. The van der Waals surface area contributed by atoms with E-state index in [-0.39, 0.29) is 0 Å². The van der Waals surface area contributed by atoms with Gasteiger partial charge in [0.25, 0.3) is 0 Å². The number of aromatic amines is 1. The zero-order valence-electron chi connectivity index (χ0n) is 13.8. The molecule has 0 radical (unpaired) electrons. The van der Waals surface area contributed by atoms with E-state index in [4.69, 9.17) is 0 Å². The maximum Gasteiger partial charge on any atom is 0.158 e. The molecule has 6 heteroatoms. The first-order valence-corrected chi connectivity index (χ1v) is 8.69. The molecule has 1 fully saturated rings. The van der Waals surface area contributed by atoms with Gasteiger partial charge in [-0.3, -0.25) is 5.10 Å². The third kappa shape index (κ3) is 2.25. The van der Waals surface area contributed by atoms with Gasteiger partial charge < -0.3 is 4.90 Å². The molecule has 122 valence electrons. The fourth-order valence-electron chi connectivity index (χ4n) is 3.67. The minimum Gasteiger partial charge on any atom is -0.354 e. The molecule has 1 N–H and O–H groups in total. The minimum absolute atomic E-state index is 0.695. The number of nitrogens with zero attached hydrogens (tertiary/aromatic N) is 5. The summed E-state index contributed by atoms with van der Waals surface area (Å²) < 4.78 is 0. The van der Waals surface area contributed by atoms with Crippen molar-refractivity contribution >= 4 is 16.9 Å². The smallest absolute Gasteiger partial charge is 0.158 e. The number of anilines is 1. The van der Waals surface area contributed by atoms with Crippen molar-refractivity contribution in [3.05, 3.63) is 41.1 Å². The molecular formula is C18H20N6. The Hall–Kier alpha value is -2.50. The van der Waals surface area contributed by atoms with Crippen LogP contribution in [0, 0.1) is 6.92 Å². The van der Waals surface area contributed by atoms with Crippen LogP contribution in [0.5, 0.6) is 0 Å². The number of hydrogen-bond acceptors (Lipinski definition) is 5. The van der Waals surface area contributed by atoms with Crippen LogP contribution in [0.25, 0.3) is 11.0 Å². The lowest BCUT2D eigenvalue weighted by atomic mass is 10.1. The Labute approximate surface area is 140 Å². The molecule has 0 saturated heterocycles. The number of aromatic nitrogens is 5. The molecule has 0 spiro atoms. The third-order valence-electron chi connectivity index (χ3n) is 5.11. The summed E-state index contributed by atoms with van der Waals surface area (Å²) in [4.78, 5) is 16.0. The molecule has 6 nitrogen and oxygen atoms in total. The summed E-state index contributed by atoms with van der Waals surface area (Å²) in [5.41, 5.74) is 6.88. The van der Waals surface area contributed by atoms with Crippen molar-refractivity contribution in [3.8, 4) is 0 Å². The number of nitrogens with one attached hydrogen (secondary N) is 1. The zero-order chi connectivity index (χ0) is 16.1. The van der Waals surface area contributed by atoms with Gasteiger partial charge in [0.05, 0.1) is 11.2 Å². The Morgan fingerprint density at radius 3 is 2.88 bits per heavy atom. The van der Waals surface area contributed by atoms with Crippen LogP contribution in [-0.2, 0) is 12.8 Å². The standard InChI is InChI=1S/C18H20N6/c1-11-2-5-15-17(21-11)18(20-10-19-15)24-8-6-13-14(7-9-24)22-23-16(13)12-3-4-12/h2,5,10,12H,3-4,6-9H2,1H3,(H,22,23). The maximum atomic E-state index is 4.69. The van der Waals surface area contributed by atoms with Crippen LogP contribution in [0.1, 0.15) is 41.4 Å². The average Bonchev–Trinajstić information content (AvgIpc) is 3.39. The highest BCUT2D eigenvalue weighted by Gasteiger charge is 2.31. The lowest BCUT2D eigenvalue weighted by Crippen LogP contribution is -2.27. The first kappa shape index (κ1) is 13.9. The van der Waals surface area contributed by atoms with Gasteiger partial charge in [0, 0.05) is 36.8 Å². The van der Waals surface area contributed by atoms with Crippen molar-refractivity contribution in [3.63, 3.8) is 0 Å². The van der Waals surface area contributed by atoms with Crippen LogP contribution < -0.4 is 4.90 Å². The Kier molecular flexibility index (Phi) is 3.04. The lowest BCUT2D eigenvalue weighted by molar-refractivity contribution is 0.773. The second-order valence-corrected chi connectivity index (χ2v) is 6.84. The van der Waals surface area contributed by atoms with E-state index < -0.39 is 0 Å². The molecule has 24 heavy (non-hydrogen) atoms. The van der Waals surface area contributed by atoms with Gasteiger partial charge in [0.1, 0.15) is 11.8 Å². The molecular weight excluding hydrogens is 300 g/mol. The van der Waals surface area contributed by atoms with Gasteiger partial charge in [-0.2, -0.15) is 5.10 Å². The van der Waals surface area contributed by atoms with Gasteiger partial charge in [-0.25, -0.2) is 15.0 Å². The Balaban J connectivity index is 1.50. The topological polar surface area (TPSA) is 70.6 Å². The summed E-state index contributed by atoms with van der Waals surface area (Å²) in [6.07, 6.45) is 6.23. The van der Waals surface area contributed by atoms with Crippen LogP contribution in [-0.4, -0.2) is 38.2 Å². The molecule has 2 aliphatic rings. The molecule has 0 aromatic carbocycles. The number of fused-ring (bicyclic) bond motifs is 2. The van der Waals surface area contributed by atoms with E-state index in [1.165, 1.54) is 29.8 Å². The van der Waals surface area contributed by atoms with Crippen molar-refractivity contribution < 1.29 is 0 Å². The molecule has 0 unspecified atom stereocenters. The third-order valence-corrected chi connectivity index (χ3v) is 5.11. The van der Waals surface area contributed by atoms with E-state index >= 15 is 0 Å². The normalized spacial score (nSPS) is 17.8. The van der Waals surface area contributed by atoms with E-state index in [0.29, 0.717) is 5.92 Å². The van der Waals surface area contributed by atoms with Crippen molar-refractivity contribution in [2.75, 3.05) is 18.0 Å². The predicted molar refractivity (Wildman–Crippen MR) is 92.3 cm³/mol. The fraction of sp³-hybridized carbons (Fsp3) is 0.444. The number of pyridine rings is 1.